The first-order valence-corrected chi connectivity index (χ1v) is 9.51. The number of fused-ring (bicyclic) bond motifs is 1. The zero-order valence-electron chi connectivity index (χ0n) is 15.1. The number of halogens is 3. The van der Waals surface area contributed by atoms with Crippen LogP contribution < -0.4 is 15.0 Å². The second-order valence-corrected chi connectivity index (χ2v) is 7.33. The van der Waals surface area contributed by atoms with Crippen molar-refractivity contribution >= 4 is 28.9 Å². The summed E-state index contributed by atoms with van der Waals surface area (Å²) in [6, 6.07) is 7.59. The van der Waals surface area contributed by atoms with Crippen molar-refractivity contribution in [2.45, 2.75) is 19.3 Å². The van der Waals surface area contributed by atoms with Gasteiger partial charge in [0.2, 0.25) is 5.91 Å². The fourth-order valence-corrected chi connectivity index (χ4v) is 3.69. The number of hydrogen-bond donors (Lipinski definition) is 1. The van der Waals surface area contributed by atoms with Gasteiger partial charge in [0.15, 0.2) is 0 Å². The Hall–Kier alpha value is -2.60. The van der Waals surface area contributed by atoms with E-state index in [1.165, 1.54) is 12.1 Å². The van der Waals surface area contributed by atoms with Gasteiger partial charge in [-0.3, -0.25) is 4.79 Å². The van der Waals surface area contributed by atoms with Crippen molar-refractivity contribution in [3.8, 4) is 5.75 Å². The van der Waals surface area contributed by atoms with Crippen molar-refractivity contribution in [2.24, 2.45) is 0 Å². The SMILES string of the molecule is O=C1CCc2c(OCC3=CCN(c4ccc(Cl)cc4F)CC3)ccc(F)c2N1. The van der Waals surface area contributed by atoms with E-state index in [2.05, 4.69) is 5.32 Å². The van der Waals surface area contributed by atoms with Crippen LogP contribution in [0.25, 0.3) is 0 Å². The number of carbonyl (C=O) groups excluding carboxylic acids is 1. The molecule has 2 aliphatic heterocycles. The zero-order valence-corrected chi connectivity index (χ0v) is 15.9. The van der Waals surface area contributed by atoms with Crippen molar-refractivity contribution < 1.29 is 18.3 Å². The van der Waals surface area contributed by atoms with Crippen LogP contribution in [0.2, 0.25) is 5.02 Å². The highest BCUT2D eigenvalue weighted by molar-refractivity contribution is 6.30. The van der Waals surface area contributed by atoms with Gasteiger partial charge < -0.3 is 15.0 Å². The number of ether oxygens (including phenoxy) is 1. The predicted octanol–water partition coefficient (Wildman–Crippen LogP) is 4.72. The number of rotatable bonds is 4. The Morgan fingerprint density at radius 3 is 2.71 bits per heavy atom. The van der Waals surface area contributed by atoms with Crippen LogP contribution in [0.4, 0.5) is 20.2 Å². The standard InChI is InChI=1S/C21H19ClF2N2O2/c22-14-1-4-18(17(24)11-14)26-9-7-13(8-10-26)12-28-19-5-3-16(23)21-15(19)2-6-20(27)25-21/h1,3-5,7,11H,2,6,8-10,12H2,(H,25,27). The number of anilines is 2. The molecule has 0 spiro atoms. The van der Waals surface area contributed by atoms with E-state index in [0.29, 0.717) is 54.6 Å². The van der Waals surface area contributed by atoms with Gasteiger partial charge in [-0.2, -0.15) is 0 Å². The lowest BCUT2D eigenvalue weighted by Gasteiger charge is -2.29. The quantitative estimate of drug-likeness (QED) is 0.750. The Morgan fingerprint density at radius 1 is 1.11 bits per heavy atom. The molecule has 4 rings (SSSR count). The molecule has 1 N–H and O–H groups in total. The van der Waals surface area contributed by atoms with E-state index in [1.807, 2.05) is 11.0 Å². The Labute approximate surface area is 166 Å². The molecule has 146 valence electrons. The first kappa shape index (κ1) is 18.7. The largest absolute Gasteiger partial charge is 0.489 e. The molecule has 0 radical (unpaired) electrons. The van der Waals surface area contributed by atoms with Crippen LogP contribution >= 0.6 is 11.6 Å². The summed E-state index contributed by atoms with van der Waals surface area (Å²) in [5.74, 6) is -0.384. The third-order valence-corrected chi connectivity index (χ3v) is 5.29. The van der Waals surface area contributed by atoms with Crippen LogP contribution in [0.3, 0.4) is 0 Å². The normalized spacial score (nSPS) is 16.3. The smallest absolute Gasteiger partial charge is 0.224 e. The zero-order chi connectivity index (χ0) is 19.7. The molecule has 7 heteroatoms. The Kier molecular flexibility index (Phi) is 5.22. The third-order valence-electron chi connectivity index (χ3n) is 5.05. The maximum atomic E-state index is 14.1. The van der Waals surface area contributed by atoms with Crippen molar-refractivity contribution in [1.82, 2.24) is 0 Å². The summed E-state index contributed by atoms with van der Waals surface area (Å²) >= 11 is 5.81. The highest BCUT2D eigenvalue weighted by Crippen LogP contribution is 2.34. The van der Waals surface area contributed by atoms with Gasteiger partial charge in [0.05, 0.1) is 11.4 Å². The van der Waals surface area contributed by atoms with Gasteiger partial charge in [-0.15, -0.1) is 0 Å². The number of carbonyl (C=O) groups is 1. The van der Waals surface area contributed by atoms with E-state index in [9.17, 15) is 13.6 Å². The Morgan fingerprint density at radius 2 is 1.96 bits per heavy atom. The van der Waals surface area contributed by atoms with Crippen molar-refractivity contribution in [1.29, 1.82) is 0 Å². The number of amides is 1. The molecule has 0 unspecified atom stereocenters. The minimum Gasteiger partial charge on any atom is -0.489 e. The average Bonchev–Trinajstić information content (AvgIpc) is 2.68. The van der Waals surface area contributed by atoms with E-state index in [1.54, 1.807) is 18.2 Å². The first-order chi connectivity index (χ1) is 13.5. The lowest BCUT2D eigenvalue weighted by Crippen LogP contribution is -2.30. The fourth-order valence-electron chi connectivity index (χ4n) is 3.53. The van der Waals surface area contributed by atoms with E-state index in [4.69, 9.17) is 16.3 Å². The topological polar surface area (TPSA) is 41.6 Å². The van der Waals surface area contributed by atoms with E-state index in [0.717, 1.165) is 12.0 Å². The number of hydrogen-bond acceptors (Lipinski definition) is 3. The molecule has 0 atom stereocenters. The molecular formula is C21H19ClF2N2O2. The maximum absolute atomic E-state index is 14.1. The molecule has 2 heterocycles. The molecule has 0 bridgehead atoms. The summed E-state index contributed by atoms with van der Waals surface area (Å²) in [4.78, 5) is 13.5. The van der Waals surface area contributed by atoms with Gasteiger partial charge in [-0.05, 0) is 48.7 Å². The second kappa shape index (κ2) is 7.80. The van der Waals surface area contributed by atoms with Gasteiger partial charge in [0.25, 0.3) is 0 Å². The van der Waals surface area contributed by atoms with Gasteiger partial charge in [0.1, 0.15) is 24.0 Å². The van der Waals surface area contributed by atoms with Crippen molar-refractivity contribution in [2.75, 3.05) is 29.9 Å². The summed E-state index contributed by atoms with van der Waals surface area (Å²) < 4.78 is 34.0. The molecule has 2 aliphatic rings. The molecule has 0 saturated carbocycles. The summed E-state index contributed by atoms with van der Waals surface area (Å²) in [7, 11) is 0. The highest BCUT2D eigenvalue weighted by Gasteiger charge is 2.23. The maximum Gasteiger partial charge on any atom is 0.224 e. The molecular weight excluding hydrogens is 386 g/mol. The highest BCUT2D eigenvalue weighted by atomic mass is 35.5. The molecule has 2 aromatic carbocycles. The minimum atomic E-state index is -0.451. The van der Waals surface area contributed by atoms with Crippen molar-refractivity contribution in [3.63, 3.8) is 0 Å². The van der Waals surface area contributed by atoms with Crippen LogP contribution in [0.1, 0.15) is 18.4 Å². The second-order valence-electron chi connectivity index (χ2n) is 6.89. The number of nitrogens with zero attached hydrogens (tertiary/aromatic N) is 1. The Bertz CT molecular complexity index is 962. The fraction of sp³-hybridized carbons (Fsp3) is 0.286. The molecule has 4 nitrogen and oxygen atoms in total. The number of benzene rings is 2. The van der Waals surface area contributed by atoms with Crippen LogP contribution in [0.5, 0.6) is 5.75 Å². The lowest BCUT2D eigenvalue weighted by molar-refractivity contribution is -0.116. The summed E-state index contributed by atoms with van der Waals surface area (Å²) in [5.41, 5.74) is 2.55. The monoisotopic (exact) mass is 404 g/mol. The molecule has 2 aromatic rings. The van der Waals surface area contributed by atoms with E-state index >= 15 is 0 Å². The summed E-state index contributed by atoms with van der Waals surface area (Å²) in [6.07, 6.45) is 3.53. The molecule has 0 aromatic heterocycles. The summed E-state index contributed by atoms with van der Waals surface area (Å²) in [5, 5.41) is 2.96. The van der Waals surface area contributed by atoms with Crippen LogP contribution in [0.15, 0.2) is 42.0 Å². The average molecular weight is 405 g/mol. The predicted molar refractivity (Wildman–Crippen MR) is 105 cm³/mol. The van der Waals surface area contributed by atoms with E-state index < -0.39 is 5.82 Å². The van der Waals surface area contributed by atoms with E-state index in [-0.39, 0.29) is 17.4 Å². The third kappa shape index (κ3) is 3.83. The molecule has 1 amide bonds. The minimum absolute atomic E-state index is 0.187. The van der Waals surface area contributed by atoms with Gasteiger partial charge in [0, 0.05) is 30.1 Å². The summed E-state index contributed by atoms with van der Waals surface area (Å²) in [6.45, 7) is 1.63. The first-order valence-electron chi connectivity index (χ1n) is 9.13. The van der Waals surface area contributed by atoms with Gasteiger partial charge >= 0.3 is 0 Å². The Balaban J connectivity index is 1.42. The van der Waals surface area contributed by atoms with Gasteiger partial charge in [-0.1, -0.05) is 17.7 Å². The lowest BCUT2D eigenvalue weighted by atomic mass is 10.0. The van der Waals surface area contributed by atoms with Crippen molar-refractivity contribution in [3.05, 3.63) is 64.2 Å². The van der Waals surface area contributed by atoms with Gasteiger partial charge in [-0.25, -0.2) is 8.78 Å². The van der Waals surface area contributed by atoms with Crippen LogP contribution in [0, 0.1) is 11.6 Å². The molecule has 28 heavy (non-hydrogen) atoms. The molecule has 0 saturated heterocycles. The molecule has 0 aliphatic carbocycles. The van der Waals surface area contributed by atoms with Crippen LogP contribution in [-0.2, 0) is 11.2 Å². The molecule has 0 fully saturated rings. The number of nitrogens with one attached hydrogen (secondary N) is 1. The van der Waals surface area contributed by atoms with Crippen LogP contribution in [-0.4, -0.2) is 25.6 Å².